The molecular weight excluding hydrogens is 205 g/mol. The summed E-state index contributed by atoms with van der Waals surface area (Å²) in [6.07, 6.45) is 0. The second kappa shape index (κ2) is 5.85. The Hall–Kier alpha value is -1.09. The lowest BCUT2D eigenvalue weighted by atomic mass is 9.93. The second-order valence-electron chi connectivity index (χ2n) is 3.99. The van der Waals surface area contributed by atoms with Crippen LogP contribution in [0.2, 0.25) is 0 Å². The van der Waals surface area contributed by atoms with Crippen molar-refractivity contribution < 1.29 is 9.13 Å². The van der Waals surface area contributed by atoms with E-state index in [4.69, 9.17) is 4.74 Å². The molecule has 0 fully saturated rings. The SMILES string of the molecule is CCNC(C)C(C)c1c(F)cccc1OC. The summed E-state index contributed by atoms with van der Waals surface area (Å²) in [4.78, 5) is 0. The van der Waals surface area contributed by atoms with E-state index in [0.717, 1.165) is 6.54 Å². The Labute approximate surface area is 96.8 Å². The highest BCUT2D eigenvalue weighted by atomic mass is 19.1. The lowest BCUT2D eigenvalue weighted by molar-refractivity contribution is 0.389. The molecule has 2 nitrogen and oxygen atoms in total. The Morgan fingerprint density at radius 1 is 1.38 bits per heavy atom. The van der Waals surface area contributed by atoms with Gasteiger partial charge >= 0.3 is 0 Å². The summed E-state index contributed by atoms with van der Waals surface area (Å²) in [7, 11) is 1.57. The van der Waals surface area contributed by atoms with Crippen LogP contribution in [-0.2, 0) is 0 Å². The van der Waals surface area contributed by atoms with Gasteiger partial charge in [0.15, 0.2) is 0 Å². The highest BCUT2D eigenvalue weighted by Gasteiger charge is 2.20. The molecule has 0 aliphatic carbocycles. The third-order valence-corrected chi connectivity index (χ3v) is 2.96. The van der Waals surface area contributed by atoms with Crippen LogP contribution in [0, 0.1) is 5.82 Å². The maximum absolute atomic E-state index is 13.8. The van der Waals surface area contributed by atoms with Crippen LogP contribution >= 0.6 is 0 Å². The first-order valence-electron chi connectivity index (χ1n) is 5.67. The van der Waals surface area contributed by atoms with Crippen LogP contribution in [0.1, 0.15) is 32.3 Å². The van der Waals surface area contributed by atoms with Crippen molar-refractivity contribution in [2.75, 3.05) is 13.7 Å². The van der Waals surface area contributed by atoms with Gasteiger partial charge < -0.3 is 10.1 Å². The molecule has 2 unspecified atom stereocenters. The van der Waals surface area contributed by atoms with Gasteiger partial charge in [0.1, 0.15) is 11.6 Å². The minimum absolute atomic E-state index is 0.0797. The fourth-order valence-electron chi connectivity index (χ4n) is 1.89. The van der Waals surface area contributed by atoms with Gasteiger partial charge in [-0.15, -0.1) is 0 Å². The summed E-state index contributed by atoms with van der Waals surface area (Å²) in [5.74, 6) is 0.505. The molecule has 0 amide bonds. The predicted octanol–water partition coefficient (Wildman–Crippen LogP) is 2.94. The average Bonchev–Trinajstić information content (AvgIpc) is 2.28. The van der Waals surface area contributed by atoms with E-state index in [9.17, 15) is 4.39 Å². The van der Waals surface area contributed by atoms with E-state index >= 15 is 0 Å². The van der Waals surface area contributed by atoms with Crippen LogP contribution in [0.5, 0.6) is 5.75 Å². The van der Waals surface area contributed by atoms with Gasteiger partial charge in [-0.25, -0.2) is 4.39 Å². The molecular formula is C13H20FNO. The number of nitrogens with one attached hydrogen (secondary N) is 1. The van der Waals surface area contributed by atoms with E-state index in [1.54, 1.807) is 19.2 Å². The number of halogens is 1. The van der Waals surface area contributed by atoms with Crippen molar-refractivity contribution in [1.29, 1.82) is 0 Å². The molecule has 0 spiro atoms. The monoisotopic (exact) mass is 225 g/mol. The molecule has 90 valence electrons. The maximum atomic E-state index is 13.8. The van der Waals surface area contributed by atoms with Crippen molar-refractivity contribution in [2.24, 2.45) is 0 Å². The van der Waals surface area contributed by atoms with Gasteiger partial charge in [0.05, 0.1) is 7.11 Å². The normalized spacial score (nSPS) is 14.6. The molecule has 0 saturated carbocycles. The highest BCUT2D eigenvalue weighted by Crippen LogP contribution is 2.30. The standard InChI is InChI=1S/C13H20FNO/c1-5-15-10(3)9(2)13-11(14)7-6-8-12(13)16-4/h6-10,15H,5H2,1-4H3. The highest BCUT2D eigenvalue weighted by molar-refractivity contribution is 5.38. The van der Waals surface area contributed by atoms with Crippen molar-refractivity contribution >= 4 is 0 Å². The molecule has 1 N–H and O–H groups in total. The summed E-state index contributed by atoms with van der Waals surface area (Å²) in [6.45, 7) is 6.98. The first-order chi connectivity index (χ1) is 7.61. The minimum atomic E-state index is -0.198. The van der Waals surface area contributed by atoms with E-state index in [2.05, 4.69) is 12.2 Å². The summed E-state index contributed by atoms with van der Waals surface area (Å²) in [5, 5.41) is 3.30. The molecule has 1 rings (SSSR count). The zero-order chi connectivity index (χ0) is 12.1. The number of methoxy groups -OCH3 is 1. The Balaban J connectivity index is 3.01. The van der Waals surface area contributed by atoms with Crippen LogP contribution in [0.25, 0.3) is 0 Å². The van der Waals surface area contributed by atoms with Crippen LogP contribution < -0.4 is 10.1 Å². The van der Waals surface area contributed by atoms with Gasteiger partial charge in [0, 0.05) is 17.5 Å². The van der Waals surface area contributed by atoms with Gasteiger partial charge in [-0.1, -0.05) is 19.9 Å². The number of hydrogen-bond donors (Lipinski definition) is 1. The summed E-state index contributed by atoms with van der Waals surface area (Å²) in [5.41, 5.74) is 0.651. The van der Waals surface area contributed by atoms with Crippen molar-refractivity contribution in [1.82, 2.24) is 5.32 Å². The van der Waals surface area contributed by atoms with Gasteiger partial charge in [-0.3, -0.25) is 0 Å². The molecule has 0 radical (unpaired) electrons. The summed E-state index contributed by atoms with van der Waals surface area (Å²) >= 11 is 0. The summed E-state index contributed by atoms with van der Waals surface area (Å²) < 4.78 is 19.0. The lowest BCUT2D eigenvalue weighted by Gasteiger charge is -2.23. The smallest absolute Gasteiger partial charge is 0.130 e. The minimum Gasteiger partial charge on any atom is -0.496 e. The fraction of sp³-hybridized carbons (Fsp3) is 0.538. The third-order valence-electron chi connectivity index (χ3n) is 2.96. The van der Waals surface area contributed by atoms with Crippen molar-refractivity contribution in [3.8, 4) is 5.75 Å². The topological polar surface area (TPSA) is 21.3 Å². The Morgan fingerprint density at radius 3 is 2.62 bits per heavy atom. The van der Waals surface area contributed by atoms with Gasteiger partial charge in [-0.05, 0) is 25.6 Å². The Bertz CT molecular complexity index is 341. The number of ether oxygens (including phenoxy) is 1. The Morgan fingerprint density at radius 2 is 2.06 bits per heavy atom. The van der Waals surface area contributed by atoms with Crippen LogP contribution in [0.15, 0.2) is 18.2 Å². The fourth-order valence-corrected chi connectivity index (χ4v) is 1.89. The molecule has 2 atom stereocenters. The van der Waals surface area contributed by atoms with E-state index in [1.165, 1.54) is 6.07 Å². The van der Waals surface area contributed by atoms with Crippen molar-refractivity contribution in [3.63, 3.8) is 0 Å². The molecule has 0 aliphatic heterocycles. The zero-order valence-electron chi connectivity index (χ0n) is 10.4. The number of likely N-dealkylation sites (N-methyl/N-ethyl adjacent to an activating group) is 1. The molecule has 1 aromatic rings. The van der Waals surface area contributed by atoms with E-state index in [0.29, 0.717) is 11.3 Å². The Kier molecular flexibility index (Phi) is 4.74. The third kappa shape index (κ3) is 2.73. The van der Waals surface area contributed by atoms with E-state index in [-0.39, 0.29) is 17.8 Å². The first kappa shape index (κ1) is 13.0. The number of benzene rings is 1. The van der Waals surface area contributed by atoms with Gasteiger partial charge in [0.25, 0.3) is 0 Å². The average molecular weight is 225 g/mol. The summed E-state index contributed by atoms with van der Waals surface area (Å²) in [6, 6.07) is 5.17. The van der Waals surface area contributed by atoms with Crippen LogP contribution in [-0.4, -0.2) is 19.7 Å². The van der Waals surface area contributed by atoms with Gasteiger partial charge in [-0.2, -0.15) is 0 Å². The van der Waals surface area contributed by atoms with Crippen molar-refractivity contribution in [3.05, 3.63) is 29.6 Å². The molecule has 0 heterocycles. The lowest BCUT2D eigenvalue weighted by Crippen LogP contribution is -2.31. The first-order valence-corrected chi connectivity index (χ1v) is 5.67. The largest absolute Gasteiger partial charge is 0.496 e. The van der Waals surface area contributed by atoms with E-state index < -0.39 is 0 Å². The van der Waals surface area contributed by atoms with Gasteiger partial charge in [0.2, 0.25) is 0 Å². The zero-order valence-corrected chi connectivity index (χ0v) is 10.4. The van der Waals surface area contributed by atoms with Crippen molar-refractivity contribution in [2.45, 2.75) is 32.7 Å². The second-order valence-corrected chi connectivity index (χ2v) is 3.99. The number of rotatable bonds is 5. The molecule has 16 heavy (non-hydrogen) atoms. The molecule has 1 aromatic carbocycles. The van der Waals surface area contributed by atoms with Crippen LogP contribution in [0.4, 0.5) is 4.39 Å². The number of hydrogen-bond acceptors (Lipinski definition) is 2. The quantitative estimate of drug-likeness (QED) is 0.832. The molecule has 0 bridgehead atoms. The van der Waals surface area contributed by atoms with Crippen LogP contribution in [0.3, 0.4) is 0 Å². The molecule has 0 saturated heterocycles. The maximum Gasteiger partial charge on any atom is 0.130 e. The predicted molar refractivity (Wildman–Crippen MR) is 64.5 cm³/mol. The molecule has 0 aliphatic rings. The molecule has 3 heteroatoms. The van der Waals surface area contributed by atoms with E-state index in [1.807, 2.05) is 13.8 Å². The molecule has 0 aromatic heterocycles.